The van der Waals surface area contributed by atoms with Crippen LogP contribution in [0, 0.1) is 0 Å². The molecule has 4 aromatic carbocycles. The van der Waals surface area contributed by atoms with Gasteiger partial charge in [0.2, 0.25) is 0 Å². The fourth-order valence-corrected chi connectivity index (χ4v) is 5.03. The van der Waals surface area contributed by atoms with Crippen LogP contribution >= 0.6 is 11.8 Å². The molecule has 0 atom stereocenters. The highest BCUT2D eigenvalue weighted by atomic mass is 32.2. The Hall–Kier alpha value is -4.68. The van der Waals surface area contributed by atoms with E-state index in [9.17, 15) is 0 Å². The van der Waals surface area contributed by atoms with E-state index >= 15 is 0 Å². The van der Waals surface area contributed by atoms with E-state index in [1.165, 1.54) is 4.90 Å². The minimum Gasteiger partial charge on any atom is -0.457 e. The second-order valence-corrected chi connectivity index (χ2v) is 10.4. The van der Waals surface area contributed by atoms with Gasteiger partial charge in [-0.25, -0.2) is 0 Å². The van der Waals surface area contributed by atoms with Gasteiger partial charge in [-0.2, -0.15) is 0 Å². The van der Waals surface area contributed by atoms with Gasteiger partial charge < -0.3 is 19.3 Å². The molecule has 5 aromatic rings. The quantitative estimate of drug-likeness (QED) is 0.182. The third kappa shape index (κ3) is 5.98. The summed E-state index contributed by atoms with van der Waals surface area (Å²) in [4.78, 5) is 10.1. The number of pyridine rings is 1. The highest BCUT2D eigenvalue weighted by molar-refractivity contribution is 7.98. The third-order valence-electron chi connectivity index (χ3n) is 6.60. The number of rotatable bonds is 8. The summed E-state index contributed by atoms with van der Waals surface area (Å²) in [6.07, 6.45) is 8.04. The number of benzene rings is 4. The monoisotopic (exact) mass is 543 g/mol. The lowest BCUT2D eigenvalue weighted by molar-refractivity contribution is 0.481. The highest BCUT2D eigenvalue weighted by Gasteiger charge is 2.12. The van der Waals surface area contributed by atoms with E-state index < -0.39 is 0 Å². The fraction of sp³-hybridized carbons (Fsp3) is 0.0882. The normalized spacial score (nSPS) is 12.6. The van der Waals surface area contributed by atoms with Crippen molar-refractivity contribution < 1.29 is 9.47 Å². The first-order valence-corrected chi connectivity index (χ1v) is 14.3. The predicted molar refractivity (Wildman–Crippen MR) is 164 cm³/mol. The Kier molecular flexibility index (Phi) is 7.42. The maximum atomic E-state index is 6.26. The van der Waals surface area contributed by atoms with Gasteiger partial charge in [0.25, 0.3) is 0 Å². The van der Waals surface area contributed by atoms with Gasteiger partial charge in [0.15, 0.2) is 0 Å². The maximum Gasteiger partial charge on any atom is 0.129 e. The maximum absolute atomic E-state index is 6.26. The van der Waals surface area contributed by atoms with Crippen LogP contribution in [0.5, 0.6) is 23.0 Å². The van der Waals surface area contributed by atoms with Crippen LogP contribution in [0.4, 0.5) is 5.69 Å². The lowest BCUT2D eigenvalue weighted by Gasteiger charge is -2.19. The summed E-state index contributed by atoms with van der Waals surface area (Å²) >= 11 is 1.70. The first-order valence-electron chi connectivity index (χ1n) is 13.0. The molecule has 40 heavy (non-hydrogen) atoms. The minimum atomic E-state index is 0.763. The molecule has 0 radical (unpaired) electrons. The van der Waals surface area contributed by atoms with Crippen molar-refractivity contribution in [1.82, 2.24) is 9.88 Å². The second-order valence-electron chi connectivity index (χ2n) is 9.53. The first-order chi connectivity index (χ1) is 19.6. The van der Waals surface area contributed by atoms with Crippen LogP contribution in [0.25, 0.3) is 22.4 Å². The molecule has 0 spiro atoms. The summed E-state index contributed by atoms with van der Waals surface area (Å²) in [5.41, 5.74) is 5.08. The zero-order valence-corrected chi connectivity index (χ0v) is 23.2. The third-order valence-corrected chi connectivity index (χ3v) is 7.32. The van der Waals surface area contributed by atoms with Crippen LogP contribution in [0.1, 0.15) is 0 Å². The Balaban J connectivity index is 1.21. The summed E-state index contributed by atoms with van der Waals surface area (Å²) in [5.74, 6) is 3.17. The topological polar surface area (TPSA) is 37.8 Å². The molecule has 6 rings (SSSR count). The second kappa shape index (κ2) is 11.6. The molecule has 5 nitrogen and oxygen atoms in total. The van der Waals surface area contributed by atoms with Gasteiger partial charge in [-0.15, -0.1) is 11.8 Å². The van der Waals surface area contributed by atoms with Gasteiger partial charge in [0, 0.05) is 47.9 Å². The van der Waals surface area contributed by atoms with Crippen LogP contribution < -0.4 is 14.4 Å². The Bertz CT molecular complexity index is 1670. The molecular formula is C34H29N3O2S. The summed E-state index contributed by atoms with van der Waals surface area (Å²) < 4.78 is 12.4. The minimum absolute atomic E-state index is 0.763. The van der Waals surface area contributed by atoms with Crippen molar-refractivity contribution in [3.8, 4) is 45.4 Å². The molecule has 0 aliphatic carbocycles. The van der Waals surface area contributed by atoms with Gasteiger partial charge in [0.05, 0.1) is 12.4 Å². The molecule has 0 bridgehead atoms. The van der Waals surface area contributed by atoms with E-state index in [0.717, 1.165) is 57.7 Å². The number of thioether (sulfide) groups is 1. The Morgan fingerprint density at radius 1 is 0.650 bits per heavy atom. The van der Waals surface area contributed by atoms with Crippen LogP contribution in [-0.4, -0.2) is 29.9 Å². The van der Waals surface area contributed by atoms with Crippen LogP contribution in [0.15, 0.2) is 133 Å². The number of aromatic nitrogens is 1. The van der Waals surface area contributed by atoms with E-state index in [1.54, 1.807) is 11.8 Å². The molecule has 1 aliphatic rings. The Morgan fingerprint density at radius 2 is 1.27 bits per heavy atom. The molecule has 198 valence electrons. The largest absolute Gasteiger partial charge is 0.457 e. The van der Waals surface area contributed by atoms with Crippen molar-refractivity contribution in [1.29, 1.82) is 0 Å². The lowest BCUT2D eigenvalue weighted by Crippen LogP contribution is -2.21. The van der Waals surface area contributed by atoms with Crippen molar-refractivity contribution in [3.05, 3.63) is 128 Å². The number of hydrogen-bond acceptors (Lipinski definition) is 6. The molecule has 1 aromatic heterocycles. The number of ether oxygens (including phenoxy) is 2. The molecule has 1 aliphatic heterocycles. The van der Waals surface area contributed by atoms with Gasteiger partial charge >= 0.3 is 0 Å². The number of hydrogen-bond donors (Lipinski definition) is 0. The SMILES string of the molecule is CSc1cccc(Oc2cccc(-c3ccnc(-c4cccc(Oc5cccc(N6C=CN(C)C6)c5)c4)c3)c2)c1. The van der Waals surface area contributed by atoms with Crippen molar-refractivity contribution in [3.63, 3.8) is 0 Å². The average molecular weight is 544 g/mol. The van der Waals surface area contributed by atoms with E-state index in [1.807, 2.05) is 66.9 Å². The van der Waals surface area contributed by atoms with E-state index in [0.29, 0.717) is 0 Å². The molecule has 0 saturated carbocycles. The summed E-state index contributed by atoms with van der Waals surface area (Å²) in [6.45, 7) is 0.821. The zero-order valence-electron chi connectivity index (χ0n) is 22.4. The molecule has 6 heteroatoms. The van der Waals surface area contributed by atoms with Crippen LogP contribution in [-0.2, 0) is 0 Å². The smallest absolute Gasteiger partial charge is 0.129 e. The van der Waals surface area contributed by atoms with Crippen LogP contribution in [0.3, 0.4) is 0 Å². The van der Waals surface area contributed by atoms with Gasteiger partial charge in [-0.1, -0.05) is 36.4 Å². The zero-order chi connectivity index (χ0) is 27.3. The molecule has 2 heterocycles. The molecular weight excluding hydrogens is 514 g/mol. The van der Waals surface area contributed by atoms with Crippen LogP contribution in [0.2, 0.25) is 0 Å². The number of nitrogens with zero attached hydrogens (tertiary/aromatic N) is 3. The summed E-state index contributed by atoms with van der Waals surface area (Å²) in [5, 5.41) is 0. The van der Waals surface area contributed by atoms with Gasteiger partial charge in [-0.3, -0.25) is 4.98 Å². The Labute approximate surface area is 239 Å². The molecule has 0 N–H and O–H groups in total. The molecule has 0 saturated heterocycles. The van der Waals surface area contributed by atoms with Crippen molar-refractivity contribution >= 4 is 17.4 Å². The van der Waals surface area contributed by atoms with Crippen molar-refractivity contribution in [2.45, 2.75) is 4.90 Å². The lowest BCUT2D eigenvalue weighted by atomic mass is 10.0. The average Bonchev–Trinajstić information content (AvgIpc) is 3.44. The predicted octanol–water partition coefficient (Wildman–Crippen LogP) is 8.90. The number of anilines is 1. The van der Waals surface area contributed by atoms with Crippen molar-refractivity contribution in [2.75, 3.05) is 24.9 Å². The summed E-state index contributed by atoms with van der Waals surface area (Å²) in [7, 11) is 2.06. The first kappa shape index (κ1) is 25.6. The van der Waals surface area contributed by atoms with E-state index in [2.05, 4.69) is 89.0 Å². The molecule has 0 unspecified atom stereocenters. The van der Waals surface area contributed by atoms with Gasteiger partial charge in [-0.05, 0) is 84.1 Å². The van der Waals surface area contributed by atoms with E-state index in [4.69, 9.17) is 9.47 Å². The standard InChI is InChI=1S/C34H29N3O2S/c1-36-17-18-37(24-36)28-9-5-12-31(22-28)38-30-11-4-8-27(20-30)34-21-26(15-16-35-34)25-7-3-10-29(19-25)39-32-13-6-14-33(23-32)40-2/h3-23H,24H2,1-2H3. The summed E-state index contributed by atoms with van der Waals surface area (Å²) in [6, 6.07) is 36.6. The van der Waals surface area contributed by atoms with Crippen molar-refractivity contribution in [2.24, 2.45) is 0 Å². The molecule has 0 amide bonds. The fourth-order valence-electron chi connectivity index (χ4n) is 4.59. The Morgan fingerprint density at radius 3 is 2.00 bits per heavy atom. The molecule has 0 fully saturated rings. The van der Waals surface area contributed by atoms with Gasteiger partial charge in [0.1, 0.15) is 23.0 Å². The highest BCUT2D eigenvalue weighted by Crippen LogP contribution is 2.33. The van der Waals surface area contributed by atoms with E-state index in [-0.39, 0.29) is 0 Å².